The van der Waals surface area contributed by atoms with Gasteiger partial charge in [-0.2, -0.15) is 4.72 Å². The van der Waals surface area contributed by atoms with Crippen molar-refractivity contribution in [3.05, 3.63) is 83.9 Å². The number of hydrogen-bond acceptors (Lipinski definition) is 7. The van der Waals surface area contributed by atoms with Gasteiger partial charge >= 0.3 is 0 Å². The van der Waals surface area contributed by atoms with E-state index in [-0.39, 0.29) is 47.9 Å². The second-order valence-electron chi connectivity index (χ2n) is 11.5. The van der Waals surface area contributed by atoms with Crippen LogP contribution in [0.4, 0.5) is 5.69 Å². The molecule has 3 aromatic rings. The Morgan fingerprint density at radius 2 is 1.66 bits per heavy atom. The molecule has 1 aliphatic heterocycles. The standard InChI is InChI=1S/C33H43N9O4S/c34-15-11-30(43)40-27-9-7-24(8-10-27)25-4-2-6-28(21-25)47(45,46)41-29(20-23-3-1-5-26(19-23)31(35)36)32(44)42-17-13-22(14-18-42)12-16-39-33(37)38/h1-10,19,21-22,29,41H,11-18,20,34H2,(H3,35,36)(H,40,43)(H4,37,38,39)/t29-/m0/s1. The molecule has 0 unspecified atom stereocenters. The molecular formula is C33H43N9O4S. The van der Waals surface area contributed by atoms with Crippen LogP contribution in [0.1, 0.15) is 36.8 Å². The van der Waals surface area contributed by atoms with Crippen LogP contribution in [-0.2, 0) is 26.0 Å². The molecule has 3 aromatic carbocycles. The number of benzene rings is 3. The van der Waals surface area contributed by atoms with Crippen LogP contribution < -0.4 is 33.0 Å². The van der Waals surface area contributed by atoms with Gasteiger partial charge in [0, 0.05) is 43.9 Å². The molecule has 250 valence electrons. The van der Waals surface area contributed by atoms with Gasteiger partial charge in [0.15, 0.2) is 5.96 Å². The van der Waals surface area contributed by atoms with Gasteiger partial charge in [-0.3, -0.25) is 20.0 Å². The second-order valence-corrected chi connectivity index (χ2v) is 13.3. The predicted molar refractivity (Wildman–Crippen MR) is 184 cm³/mol. The number of likely N-dealkylation sites (tertiary alicyclic amines) is 1. The van der Waals surface area contributed by atoms with E-state index >= 15 is 0 Å². The summed E-state index contributed by atoms with van der Waals surface area (Å²) in [5.41, 5.74) is 25.1. The first kappa shape index (κ1) is 35.1. The van der Waals surface area contributed by atoms with Crippen LogP contribution in [0.2, 0.25) is 0 Å². The quantitative estimate of drug-likeness (QED) is 0.0989. The summed E-state index contributed by atoms with van der Waals surface area (Å²) in [6, 6.07) is 19.3. The van der Waals surface area contributed by atoms with Crippen LogP contribution in [0.15, 0.2) is 82.7 Å². The van der Waals surface area contributed by atoms with Gasteiger partial charge in [-0.25, -0.2) is 8.42 Å². The van der Waals surface area contributed by atoms with Crippen molar-refractivity contribution in [2.24, 2.45) is 33.8 Å². The topological polar surface area (TPSA) is 236 Å². The zero-order chi connectivity index (χ0) is 34.0. The summed E-state index contributed by atoms with van der Waals surface area (Å²) < 4.78 is 30.3. The van der Waals surface area contributed by atoms with E-state index in [0.717, 1.165) is 24.8 Å². The van der Waals surface area contributed by atoms with Crippen molar-refractivity contribution in [3.8, 4) is 11.1 Å². The fourth-order valence-corrected chi connectivity index (χ4v) is 6.75. The number of piperidine rings is 1. The summed E-state index contributed by atoms with van der Waals surface area (Å²) in [7, 11) is -4.15. The van der Waals surface area contributed by atoms with Crippen LogP contribution in [0.5, 0.6) is 0 Å². The van der Waals surface area contributed by atoms with Crippen LogP contribution in [-0.4, -0.2) is 69.1 Å². The minimum atomic E-state index is -4.15. The third kappa shape index (κ3) is 10.1. The Bertz CT molecular complexity index is 1700. The van der Waals surface area contributed by atoms with Gasteiger partial charge in [0.05, 0.1) is 4.90 Å². The molecule has 0 bridgehead atoms. The Hall–Kier alpha value is -4.79. The van der Waals surface area contributed by atoms with E-state index in [1.165, 1.54) is 6.07 Å². The number of aliphatic imine (C=N–C) groups is 1. The van der Waals surface area contributed by atoms with Crippen LogP contribution in [0.3, 0.4) is 0 Å². The molecule has 1 atom stereocenters. The monoisotopic (exact) mass is 661 g/mol. The fraction of sp³-hybridized carbons (Fsp3) is 0.333. The lowest BCUT2D eigenvalue weighted by Gasteiger charge is -2.34. The van der Waals surface area contributed by atoms with Crippen molar-refractivity contribution in [2.75, 3.05) is 31.5 Å². The highest BCUT2D eigenvalue weighted by molar-refractivity contribution is 7.89. The van der Waals surface area contributed by atoms with Gasteiger partial charge in [0.2, 0.25) is 21.8 Å². The maximum atomic E-state index is 13.9. The van der Waals surface area contributed by atoms with Crippen molar-refractivity contribution < 1.29 is 18.0 Å². The number of sulfonamides is 1. The first-order chi connectivity index (χ1) is 22.4. The van der Waals surface area contributed by atoms with Crippen LogP contribution in [0, 0.1) is 11.3 Å². The molecule has 0 radical (unpaired) electrons. The Morgan fingerprint density at radius 3 is 2.32 bits per heavy atom. The van der Waals surface area contributed by atoms with Crippen molar-refractivity contribution in [1.82, 2.24) is 9.62 Å². The van der Waals surface area contributed by atoms with Gasteiger partial charge in [-0.15, -0.1) is 0 Å². The molecule has 0 saturated carbocycles. The van der Waals surface area contributed by atoms with Crippen LogP contribution in [0.25, 0.3) is 11.1 Å². The molecule has 0 aliphatic carbocycles. The smallest absolute Gasteiger partial charge is 0.241 e. The summed E-state index contributed by atoms with van der Waals surface area (Å²) in [4.78, 5) is 31.5. The van der Waals surface area contributed by atoms with E-state index < -0.39 is 16.1 Å². The van der Waals surface area contributed by atoms with Gasteiger partial charge in [-0.05, 0) is 78.6 Å². The summed E-state index contributed by atoms with van der Waals surface area (Å²) in [6.45, 7) is 1.73. The van der Waals surface area contributed by atoms with Crippen molar-refractivity contribution in [3.63, 3.8) is 0 Å². The average molecular weight is 662 g/mol. The van der Waals surface area contributed by atoms with Crippen molar-refractivity contribution in [1.29, 1.82) is 5.41 Å². The highest BCUT2D eigenvalue weighted by Gasteiger charge is 2.32. The molecule has 14 heteroatoms. The minimum Gasteiger partial charge on any atom is -0.384 e. The third-order valence-electron chi connectivity index (χ3n) is 8.05. The number of nitrogen functional groups attached to an aromatic ring is 1. The predicted octanol–water partition coefficient (Wildman–Crippen LogP) is 1.72. The zero-order valence-electron chi connectivity index (χ0n) is 26.2. The SMILES string of the molecule is N=C(N)c1cccc(C[C@H](NS(=O)(=O)c2cccc(-c3ccc(NC(=O)CCN)cc3)c2)C(=O)N2CCC(CCN=C(N)N)CC2)c1. The van der Waals surface area contributed by atoms with E-state index in [0.29, 0.717) is 47.9 Å². The number of nitrogens with zero attached hydrogens (tertiary/aromatic N) is 2. The zero-order valence-corrected chi connectivity index (χ0v) is 27.0. The van der Waals surface area contributed by atoms with Gasteiger partial charge in [0.1, 0.15) is 11.9 Å². The number of carbonyl (C=O) groups is 2. The molecule has 47 heavy (non-hydrogen) atoms. The fourth-order valence-electron chi connectivity index (χ4n) is 5.52. The molecule has 1 fully saturated rings. The average Bonchev–Trinajstić information content (AvgIpc) is 3.05. The number of carbonyl (C=O) groups excluding carboxylic acids is 2. The molecule has 0 aromatic heterocycles. The molecular weight excluding hydrogens is 618 g/mol. The summed E-state index contributed by atoms with van der Waals surface area (Å²) in [5.74, 6) is -0.241. The van der Waals surface area contributed by atoms with Gasteiger partial charge in [0.25, 0.3) is 0 Å². The highest BCUT2D eigenvalue weighted by Crippen LogP contribution is 2.26. The number of amidine groups is 1. The number of anilines is 1. The summed E-state index contributed by atoms with van der Waals surface area (Å²) in [5, 5.41) is 10.6. The highest BCUT2D eigenvalue weighted by atomic mass is 32.2. The Labute approximate surface area is 275 Å². The van der Waals surface area contributed by atoms with E-state index in [1.807, 2.05) is 0 Å². The lowest BCUT2D eigenvalue weighted by atomic mass is 9.93. The first-order valence-electron chi connectivity index (χ1n) is 15.5. The molecule has 0 spiro atoms. The molecule has 1 saturated heterocycles. The lowest BCUT2D eigenvalue weighted by molar-refractivity contribution is -0.134. The van der Waals surface area contributed by atoms with E-state index in [1.54, 1.807) is 71.6 Å². The number of amides is 2. The van der Waals surface area contributed by atoms with E-state index in [4.69, 9.17) is 28.3 Å². The first-order valence-corrected chi connectivity index (χ1v) is 16.9. The number of rotatable bonds is 14. The number of hydrogen-bond donors (Lipinski definition) is 7. The van der Waals surface area contributed by atoms with Gasteiger partial charge < -0.3 is 33.2 Å². The lowest BCUT2D eigenvalue weighted by Crippen LogP contribution is -2.51. The van der Waals surface area contributed by atoms with E-state index in [9.17, 15) is 18.0 Å². The number of guanidine groups is 1. The molecule has 11 N–H and O–H groups in total. The normalized spacial score (nSPS) is 14.3. The molecule has 13 nitrogen and oxygen atoms in total. The molecule has 1 heterocycles. The Morgan fingerprint density at radius 1 is 0.957 bits per heavy atom. The van der Waals surface area contributed by atoms with Crippen LogP contribution >= 0.6 is 0 Å². The molecule has 2 amide bonds. The maximum Gasteiger partial charge on any atom is 0.241 e. The molecule has 4 rings (SSSR count). The Kier molecular flexibility index (Phi) is 12.1. The molecule has 1 aliphatic rings. The maximum absolute atomic E-state index is 13.9. The largest absolute Gasteiger partial charge is 0.384 e. The van der Waals surface area contributed by atoms with Gasteiger partial charge in [-0.1, -0.05) is 42.5 Å². The number of nitrogens with one attached hydrogen (secondary N) is 3. The van der Waals surface area contributed by atoms with Crippen molar-refractivity contribution in [2.45, 2.75) is 43.0 Å². The van der Waals surface area contributed by atoms with Crippen molar-refractivity contribution >= 4 is 39.3 Å². The third-order valence-corrected chi connectivity index (χ3v) is 9.52. The summed E-state index contributed by atoms with van der Waals surface area (Å²) in [6.07, 6.45) is 2.58. The van der Waals surface area contributed by atoms with E-state index in [2.05, 4.69) is 15.0 Å². The summed E-state index contributed by atoms with van der Waals surface area (Å²) >= 11 is 0. The number of nitrogens with two attached hydrogens (primary N) is 4. The second kappa shape index (κ2) is 16.2. The Balaban J connectivity index is 1.54. The minimum absolute atomic E-state index is 0.00375.